The van der Waals surface area contributed by atoms with E-state index in [2.05, 4.69) is 36.9 Å². The van der Waals surface area contributed by atoms with Crippen molar-refractivity contribution in [2.75, 3.05) is 31.1 Å². The summed E-state index contributed by atoms with van der Waals surface area (Å²) in [6.45, 7) is 6.57. The first-order valence-corrected chi connectivity index (χ1v) is 10.5. The summed E-state index contributed by atoms with van der Waals surface area (Å²) in [6.07, 6.45) is 1.61. The second-order valence-corrected chi connectivity index (χ2v) is 8.76. The maximum absolute atomic E-state index is 12.6. The van der Waals surface area contributed by atoms with Crippen LogP contribution < -0.4 is 4.90 Å². The Balaban J connectivity index is 1.66. The molecule has 0 saturated carbocycles. The number of hydrogen-bond donors (Lipinski definition) is 0. The van der Waals surface area contributed by atoms with Crippen molar-refractivity contribution in [3.05, 3.63) is 69.6 Å². The van der Waals surface area contributed by atoms with Crippen molar-refractivity contribution in [2.24, 2.45) is 0 Å². The summed E-state index contributed by atoms with van der Waals surface area (Å²) < 4.78 is 26.7. The highest BCUT2D eigenvalue weighted by atomic mass is 35.5. The van der Waals surface area contributed by atoms with Gasteiger partial charge in [-0.05, 0) is 54.8 Å². The molecule has 2 aromatic carbocycles. The highest BCUT2D eigenvalue weighted by molar-refractivity contribution is 7.92. The van der Waals surface area contributed by atoms with Gasteiger partial charge in [0.25, 0.3) is 0 Å². The summed E-state index contributed by atoms with van der Waals surface area (Å²) in [4.78, 5) is 2.26. The highest BCUT2D eigenvalue weighted by Gasteiger charge is 2.25. The summed E-state index contributed by atoms with van der Waals surface area (Å²) >= 11 is 5.85. The van der Waals surface area contributed by atoms with Crippen molar-refractivity contribution >= 4 is 33.4 Å². The molecule has 0 N–H and O–H groups in total. The van der Waals surface area contributed by atoms with E-state index in [1.807, 2.05) is 0 Å². The quantitative estimate of drug-likeness (QED) is 0.789. The average molecular weight is 391 g/mol. The van der Waals surface area contributed by atoms with Crippen LogP contribution in [-0.4, -0.2) is 38.9 Å². The molecule has 1 saturated heterocycles. The summed E-state index contributed by atoms with van der Waals surface area (Å²) in [7, 11) is -3.42. The van der Waals surface area contributed by atoms with E-state index in [0.717, 1.165) is 5.56 Å². The van der Waals surface area contributed by atoms with Crippen LogP contribution in [0.15, 0.2) is 47.9 Å². The van der Waals surface area contributed by atoms with Crippen LogP contribution in [0.3, 0.4) is 0 Å². The molecule has 6 heteroatoms. The van der Waals surface area contributed by atoms with Gasteiger partial charge in [0.05, 0.1) is 0 Å². The predicted molar refractivity (Wildman–Crippen MR) is 109 cm³/mol. The third kappa shape index (κ3) is 4.29. The molecule has 138 valence electrons. The number of aryl methyl sites for hydroxylation is 1. The van der Waals surface area contributed by atoms with Crippen LogP contribution in [0.2, 0.25) is 5.02 Å². The fraction of sp³-hybridized carbons (Fsp3) is 0.300. The standard InChI is InChI=1S/C20H23ClN2O2S/c1-16-4-3-5-20(17(16)2)22-11-13-23(14-12-22)26(24,25)15-10-18-6-8-19(21)9-7-18/h3-10,15H,11-14H2,1-2H3/b15-10+. The topological polar surface area (TPSA) is 40.6 Å². The molecular weight excluding hydrogens is 368 g/mol. The van der Waals surface area contributed by atoms with Crippen LogP contribution in [0.25, 0.3) is 6.08 Å². The lowest BCUT2D eigenvalue weighted by Gasteiger charge is -2.35. The van der Waals surface area contributed by atoms with Gasteiger partial charge in [0.1, 0.15) is 0 Å². The Morgan fingerprint density at radius 1 is 0.962 bits per heavy atom. The maximum Gasteiger partial charge on any atom is 0.236 e. The van der Waals surface area contributed by atoms with E-state index < -0.39 is 10.0 Å². The fourth-order valence-corrected chi connectivity index (χ4v) is 4.39. The van der Waals surface area contributed by atoms with Crippen LogP contribution in [0.5, 0.6) is 0 Å². The number of rotatable bonds is 4. The zero-order valence-corrected chi connectivity index (χ0v) is 16.6. The molecule has 1 heterocycles. The molecule has 0 aromatic heterocycles. The van der Waals surface area contributed by atoms with E-state index in [0.29, 0.717) is 31.2 Å². The second kappa shape index (κ2) is 7.82. The van der Waals surface area contributed by atoms with Gasteiger partial charge in [0.2, 0.25) is 10.0 Å². The Morgan fingerprint density at radius 2 is 1.62 bits per heavy atom. The number of nitrogens with zero attached hydrogens (tertiary/aromatic N) is 2. The fourth-order valence-electron chi connectivity index (χ4n) is 3.09. The Bertz CT molecular complexity index is 900. The largest absolute Gasteiger partial charge is 0.369 e. The van der Waals surface area contributed by atoms with E-state index in [9.17, 15) is 8.42 Å². The van der Waals surface area contributed by atoms with Crippen LogP contribution >= 0.6 is 11.6 Å². The lowest BCUT2D eigenvalue weighted by molar-refractivity contribution is 0.390. The molecule has 4 nitrogen and oxygen atoms in total. The molecule has 0 aliphatic carbocycles. The van der Waals surface area contributed by atoms with Gasteiger partial charge >= 0.3 is 0 Å². The smallest absolute Gasteiger partial charge is 0.236 e. The van der Waals surface area contributed by atoms with Crippen LogP contribution in [-0.2, 0) is 10.0 Å². The van der Waals surface area contributed by atoms with E-state index in [4.69, 9.17) is 11.6 Å². The summed E-state index contributed by atoms with van der Waals surface area (Å²) in [6, 6.07) is 13.3. The SMILES string of the molecule is Cc1cccc(N2CCN(S(=O)(=O)/C=C/c3ccc(Cl)cc3)CC2)c1C. The monoisotopic (exact) mass is 390 g/mol. The molecule has 0 spiro atoms. The molecule has 3 rings (SSSR count). The molecule has 0 amide bonds. The minimum Gasteiger partial charge on any atom is -0.369 e. The Morgan fingerprint density at radius 3 is 2.27 bits per heavy atom. The first-order chi connectivity index (χ1) is 12.4. The third-order valence-corrected chi connectivity index (χ3v) is 6.63. The lowest BCUT2D eigenvalue weighted by atomic mass is 10.1. The summed E-state index contributed by atoms with van der Waals surface area (Å²) in [5.74, 6) is 0. The van der Waals surface area contributed by atoms with Gasteiger partial charge < -0.3 is 4.90 Å². The molecule has 0 radical (unpaired) electrons. The number of piperazine rings is 1. The van der Waals surface area contributed by atoms with Crippen molar-refractivity contribution in [1.82, 2.24) is 4.31 Å². The number of benzene rings is 2. The maximum atomic E-state index is 12.6. The number of hydrogen-bond acceptors (Lipinski definition) is 3. The van der Waals surface area contributed by atoms with Crippen LogP contribution in [0.1, 0.15) is 16.7 Å². The molecule has 2 aromatic rings. The van der Waals surface area contributed by atoms with Gasteiger partial charge in [0, 0.05) is 42.3 Å². The van der Waals surface area contributed by atoms with Crippen LogP contribution in [0.4, 0.5) is 5.69 Å². The molecule has 1 aliphatic heterocycles. The van der Waals surface area contributed by atoms with Crippen LogP contribution in [0, 0.1) is 13.8 Å². The normalized spacial score (nSPS) is 16.3. The molecule has 1 aliphatic rings. The molecule has 0 unspecified atom stereocenters. The molecule has 0 atom stereocenters. The lowest BCUT2D eigenvalue weighted by Crippen LogP contribution is -2.48. The first-order valence-electron chi connectivity index (χ1n) is 8.62. The van der Waals surface area contributed by atoms with E-state index in [1.54, 1.807) is 34.6 Å². The van der Waals surface area contributed by atoms with Gasteiger partial charge in [-0.15, -0.1) is 0 Å². The predicted octanol–water partition coefficient (Wildman–Crippen LogP) is 4.08. The van der Waals surface area contributed by atoms with E-state index >= 15 is 0 Å². The zero-order valence-electron chi connectivity index (χ0n) is 15.0. The van der Waals surface area contributed by atoms with Crippen molar-refractivity contribution in [1.29, 1.82) is 0 Å². The number of sulfonamides is 1. The van der Waals surface area contributed by atoms with Crippen molar-refractivity contribution in [3.63, 3.8) is 0 Å². The van der Waals surface area contributed by atoms with Crippen molar-refractivity contribution in [3.8, 4) is 0 Å². The molecule has 1 fully saturated rings. The first kappa shape index (κ1) is 19.0. The van der Waals surface area contributed by atoms with Gasteiger partial charge in [-0.1, -0.05) is 35.9 Å². The Hall–Kier alpha value is -1.82. The van der Waals surface area contributed by atoms with E-state index in [1.165, 1.54) is 22.2 Å². The van der Waals surface area contributed by atoms with Crippen molar-refractivity contribution < 1.29 is 8.42 Å². The minimum atomic E-state index is -3.42. The summed E-state index contributed by atoms with van der Waals surface area (Å²) in [5, 5.41) is 1.91. The zero-order chi connectivity index (χ0) is 18.7. The second-order valence-electron chi connectivity index (χ2n) is 6.50. The molecule has 26 heavy (non-hydrogen) atoms. The summed E-state index contributed by atoms with van der Waals surface area (Å²) in [5.41, 5.74) is 4.51. The number of anilines is 1. The van der Waals surface area contributed by atoms with Gasteiger partial charge in [0.15, 0.2) is 0 Å². The van der Waals surface area contributed by atoms with Gasteiger partial charge in [-0.3, -0.25) is 0 Å². The Kier molecular flexibility index (Phi) is 5.70. The van der Waals surface area contributed by atoms with Crippen molar-refractivity contribution in [2.45, 2.75) is 13.8 Å². The highest BCUT2D eigenvalue weighted by Crippen LogP contribution is 2.24. The average Bonchev–Trinajstić information content (AvgIpc) is 2.64. The van der Waals surface area contributed by atoms with Gasteiger partial charge in [-0.25, -0.2) is 8.42 Å². The minimum absolute atomic E-state index is 0.487. The molecular formula is C20H23ClN2O2S. The molecule has 0 bridgehead atoms. The Labute approximate surface area is 160 Å². The van der Waals surface area contributed by atoms with E-state index in [-0.39, 0.29) is 0 Å². The van der Waals surface area contributed by atoms with Gasteiger partial charge in [-0.2, -0.15) is 4.31 Å². The number of halogens is 1. The third-order valence-electron chi connectivity index (χ3n) is 4.82.